The predicted molar refractivity (Wildman–Crippen MR) is 124 cm³/mol. The maximum atomic E-state index is 5.47. The highest BCUT2D eigenvalue weighted by Gasteiger charge is 2.11. The van der Waals surface area contributed by atoms with Crippen LogP contribution in [0.3, 0.4) is 0 Å². The summed E-state index contributed by atoms with van der Waals surface area (Å²) in [5.74, 6) is 21.1. The molecule has 2 rings (SSSR count). The molecule has 2 nitrogen and oxygen atoms in total. The molecule has 0 saturated heterocycles. The third-order valence-electron chi connectivity index (χ3n) is 3.63. The Morgan fingerprint density at radius 2 is 1.45 bits per heavy atom. The average Bonchev–Trinajstić information content (AvgIpc) is 2.77. The lowest BCUT2D eigenvalue weighted by Crippen LogP contribution is -1.95. The van der Waals surface area contributed by atoms with Crippen LogP contribution >= 0.6 is 31.9 Å². The first-order valence-corrected chi connectivity index (χ1v) is 10.5. The number of benzene rings is 2. The molecule has 0 aliphatic heterocycles. The molecule has 29 heavy (non-hydrogen) atoms. The second-order valence-corrected chi connectivity index (χ2v) is 6.46. The van der Waals surface area contributed by atoms with E-state index in [1.165, 1.54) is 0 Å². The van der Waals surface area contributed by atoms with Crippen LogP contribution in [0.4, 0.5) is 0 Å². The van der Waals surface area contributed by atoms with Crippen molar-refractivity contribution in [2.75, 3.05) is 7.11 Å². The fourth-order valence-electron chi connectivity index (χ4n) is 2.35. The van der Waals surface area contributed by atoms with E-state index in [0.29, 0.717) is 11.1 Å². The predicted octanol–water partition coefficient (Wildman–Crippen LogP) is 5.14. The molecule has 4 heteroatoms. The average molecular weight is 506 g/mol. The van der Waals surface area contributed by atoms with E-state index in [1.54, 1.807) is 7.11 Å². The molecule has 2 aromatic rings. The van der Waals surface area contributed by atoms with Crippen molar-refractivity contribution in [3.8, 4) is 82.5 Å². The molecular weight excluding hydrogens is 492 g/mol. The van der Waals surface area contributed by atoms with Gasteiger partial charge < -0.3 is 9.47 Å². The molecule has 0 bridgehead atoms. The van der Waals surface area contributed by atoms with Gasteiger partial charge in [0.25, 0.3) is 0 Å². The Morgan fingerprint density at radius 3 is 2.03 bits per heavy atom. The van der Waals surface area contributed by atoms with E-state index in [9.17, 15) is 0 Å². The van der Waals surface area contributed by atoms with Crippen LogP contribution in [0.5, 0.6) is 11.5 Å². The maximum Gasteiger partial charge on any atom is 0.140 e. The summed E-state index contributed by atoms with van der Waals surface area (Å²) in [6, 6.07) is 11.9. The molecule has 0 saturated carbocycles. The summed E-state index contributed by atoms with van der Waals surface area (Å²) in [5, 5.41) is 1.44. The molecule has 0 radical (unpaired) electrons. The molecule has 140 valence electrons. The van der Waals surface area contributed by atoms with Gasteiger partial charge in [-0.15, -0.1) is 6.42 Å². The van der Waals surface area contributed by atoms with Crippen molar-refractivity contribution in [1.29, 1.82) is 0 Å². The quantitative estimate of drug-likeness (QED) is 0.414. The second-order valence-electron chi connectivity index (χ2n) is 5.34. The van der Waals surface area contributed by atoms with Gasteiger partial charge in [-0.3, -0.25) is 0 Å². The lowest BCUT2D eigenvalue weighted by molar-refractivity contribution is 0.411. The smallest absolute Gasteiger partial charge is 0.140 e. The van der Waals surface area contributed by atoms with Crippen molar-refractivity contribution in [2.24, 2.45) is 0 Å². The van der Waals surface area contributed by atoms with Crippen LogP contribution in [0.15, 0.2) is 36.4 Å². The first-order valence-electron chi connectivity index (χ1n) is 8.28. The Morgan fingerprint density at radius 1 is 0.828 bits per heavy atom. The van der Waals surface area contributed by atoms with E-state index < -0.39 is 0 Å². The molecule has 0 aromatic heterocycles. The minimum Gasteiger partial charge on any atom is -0.496 e. The number of halogens is 2. The number of ether oxygens (including phenoxy) is 2. The number of alkyl halides is 2. The van der Waals surface area contributed by atoms with Gasteiger partial charge in [-0.2, -0.15) is 0 Å². The Bertz CT molecular complexity index is 1160. The summed E-state index contributed by atoms with van der Waals surface area (Å²) >= 11 is 7.07. The van der Waals surface area contributed by atoms with Gasteiger partial charge in [0.15, 0.2) is 0 Å². The third kappa shape index (κ3) is 6.72. The Labute approximate surface area is 188 Å². The first-order chi connectivity index (χ1) is 14.2. The van der Waals surface area contributed by atoms with Crippen LogP contribution in [0.1, 0.15) is 11.1 Å². The number of hydrogen-bond donors (Lipinski definition) is 0. The van der Waals surface area contributed by atoms with Gasteiger partial charge in [-0.25, -0.2) is 0 Å². The monoisotopic (exact) mass is 504 g/mol. The largest absolute Gasteiger partial charge is 0.496 e. The lowest BCUT2D eigenvalue weighted by atomic mass is 9.98. The van der Waals surface area contributed by atoms with E-state index in [1.807, 2.05) is 24.3 Å². The van der Waals surface area contributed by atoms with E-state index in [0.717, 1.165) is 33.3 Å². The molecule has 0 spiro atoms. The van der Waals surface area contributed by atoms with Crippen LogP contribution in [0.2, 0.25) is 0 Å². The second kappa shape index (κ2) is 12.3. The molecule has 0 amide bonds. The molecular formula is C25H14Br2O2. The van der Waals surface area contributed by atoms with Gasteiger partial charge in [0.05, 0.1) is 7.11 Å². The fraction of sp³-hybridized carbons (Fsp3) is 0.120. The van der Waals surface area contributed by atoms with Gasteiger partial charge in [0, 0.05) is 39.9 Å². The molecule has 0 aliphatic rings. The van der Waals surface area contributed by atoms with E-state index >= 15 is 0 Å². The molecule has 0 heterocycles. The first kappa shape index (κ1) is 22.1. The molecule has 0 fully saturated rings. The van der Waals surface area contributed by atoms with Crippen molar-refractivity contribution in [3.63, 3.8) is 0 Å². The van der Waals surface area contributed by atoms with Crippen molar-refractivity contribution in [3.05, 3.63) is 47.5 Å². The normalized spacial score (nSPS) is 8.34. The minimum atomic E-state index is 0.628. The summed E-state index contributed by atoms with van der Waals surface area (Å²) in [4.78, 5) is 0. The number of hydrogen-bond acceptors (Lipinski definition) is 2. The molecule has 2 aromatic carbocycles. The van der Waals surface area contributed by atoms with Crippen LogP contribution in [-0.4, -0.2) is 7.11 Å². The fourth-order valence-corrected chi connectivity index (χ4v) is 3.25. The van der Waals surface area contributed by atoms with Gasteiger partial charge in [0.2, 0.25) is 0 Å². The summed E-state index contributed by atoms with van der Waals surface area (Å²) in [6.45, 7) is 0. The van der Waals surface area contributed by atoms with Gasteiger partial charge in [-0.1, -0.05) is 44.0 Å². The third-order valence-corrected chi connectivity index (χ3v) is 4.83. The molecule has 0 N–H and O–H groups in total. The van der Waals surface area contributed by atoms with Crippen molar-refractivity contribution in [2.45, 2.75) is 10.7 Å². The summed E-state index contributed by atoms with van der Waals surface area (Å²) in [5.41, 5.74) is 4.44. The van der Waals surface area contributed by atoms with Gasteiger partial charge >= 0.3 is 0 Å². The van der Waals surface area contributed by atoms with Crippen LogP contribution < -0.4 is 9.47 Å². The minimum absolute atomic E-state index is 0.628. The number of terminal acetylenes is 1. The highest BCUT2D eigenvalue weighted by molar-refractivity contribution is 9.08. The maximum absolute atomic E-state index is 5.47. The SMILES string of the molecule is C#CC#CC#CC#CC#COc1ccc(-c2cc(CBr)c(OC)cc2CBr)cc1. The standard InChI is InChI=1S/C25H14Br2O2/c1-3-4-5-6-7-8-9-10-15-29-23-13-11-20(12-14-23)24-16-22(19-27)25(28-2)17-21(24)18-26/h1,11-14,16-17H,18-19H2,2H3. The van der Waals surface area contributed by atoms with Crippen molar-refractivity contribution < 1.29 is 9.47 Å². The van der Waals surface area contributed by atoms with Crippen molar-refractivity contribution >= 4 is 31.9 Å². The van der Waals surface area contributed by atoms with E-state index in [2.05, 4.69) is 97.5 Å². The highest BCUT2D eigenvalue weighted by Crippen LogP contribution is 2.34. The van der Waals surface area contributed by atoms with Crippen LogP contribution in [0, 0.1) is 59.9 Å². The molecule has 0 aliphatic carbocycles. The van der Waals surface area contributed by atoms with Crippen LogP contribution in [0.25, 0.3) is 11.1 Å². The number of methoxy groups -OCH3 is 1. The topological polar surface area (TPSA) is 18.5 Å². The van der Waals surface area contributed by atoms with Crippen molar-refractivity contribution in [1.82, 2.24) is 0 Å². The molecule has 0 unspecified atom stereocenters. The Balaban J connectivity index is 2.14. The summed E-state index contributed by atoms with van der Waals surface area (Å²) in [6.07, 6.45) is 7.50. The Hall–Kier alpha value is -3.20. The summed E-state index contributed by atoms with van der Waals surface area (Å²) < 4.78 is 10.8. The zero-order valence-corrected chi connectivity index (χ0v) is 18.7. The van der Waals surface area contributed by atoms with Gasteiger partial charge in [-0.05, 0) is 64.6 Å². The lowest BCUT2D eigenvalue weighted by Gasteiger charge is -2.14. The van der Waals surface area contributed by atoms with E-state index in [-0.39, 0.29) is 0 Å². The highest BCUT2D eigenvalue weighted by atomic mass is 79.9. The Kier molecular flexibility index (Phi) is 9.37. The van der Waals surface area contributed by atoms with E-state index in [4.69, 9.17) is 15.9 Å². The zero-order valence-electron chi connectivity index (χ0n) is 15.5. The summed E-state index contributed by atoms with van der Waals surface area (Å²) in [7, 11) is 1.68. The number of rotatable bonds is 5. The molecule has 0 atom stereocenters. The van der Waals surface area contributed by atoms with Crippen LogP contribution in [-0.2, 0) is 10.7 Å². The zero-order chi connectivity index (χ0) is 20.9. The van der Waals surface area contributed by atoms with Gasteiger partial charge in [0.1, 0.15) is 17.6 Å².